The molecule has 34 heavy (non-hydrogen) atoms. The summed E-state index contributed by atoms with van der Waals surface area (Å²) < 4.78 is 21.1. The highest BCUT2D eigenvalue weighted by Gasteiger charge is 2.16. The molecule has 1 amide bonds. The van der Waals surface area contributed by atoms with Crippen molar-refractivity contribution < 1.29 is 13.9 Å². The fraction of sp³-hybridized carbons (Fsp3) is 0.0833. The van der Waals surface area contributed by atoms with Gasteiger partial charge in [0.2, 0.25) is 5.91 Å². The zero-order valence-electron chi connectivity index (χ0n) is 17.8. The summed E-state index contributed by atoms with van der Waals surface area (Å²) in [7, 11) is 1.57. The number of rotatable bonds is 6. The summed E-state index contributed by atoms with van der Waals surface area (Å²) >= 11 is 2.46. The first-order valence-corrected chi connectivity index (χ1v) is 12.0. The van der Waals surface area contributed by atoms with Crippen molar-refractivity contribution in [2.75, 3.05) is 18.2 Å². The maximum absolute atomic E-state index is 13.5. The minimum Gasteiger partial charge on any atom is -0.494 e. The van der Waals surface area contributed by atoms with E-state index in [1.807, 2.05) is 18.2 Å². The second-order valence-electron chi connectivity index (χ2n) is 7.19. The van der Waals surface area contributed by atoms with Crippen LogP contribution in [0.1, 0.15) is 0 Å². The zero-order chi connectivity index (χ0) is 23.7. The van der Waals surface area contributed by atoms with Gasteiger partial charge in [-0.3, -0.25) is 14.2 Å². The molecule has 7 nitrogen and oxygen atoms in total. The second kappa shape index (κ2) is 9.24. The Hall–Kier alpha value is -3.76. The van der Waals surface area contributed by atoms with Gasteiger partial charge in [-0.25, -0.2) is 14.4 Å². The van der Waals surface area contributed by atoms with Gasteiger partial charge in [0, 0.05) is 0 Å². The van der Waals surface area contributed by atoms with Crippen molar-refractivity contribution in [2.24, 2.45) is 0 Å². The number of anilines is 1. The van der Waals surface area contributed by atoms with Gasteiger partial charge in [0.15, 0.2) is 10.3 Å². The molecule has 3 aromatic carbocycles. The lowest BCUT2D eigenvalue weighted by Crippen LogP contribution is -2.23. The SMILES string of the molecule is COc1cccc2sc(NC(=O)CSc3nc4ccccc4c(=O)n3-c3ccc(F)cc3)nc12. The molecule has 0 unspecified atom stereocenters. The van der Waals surface area contributed by atoms with Crippen molar-refractivity contribution >= 4 is 55.3 Å². The summed E-state index contributed by atoms with van der Waals surface area (Å²) in [6, 6.07) is 18.1. The molecule has 0 saturated carbocycles. The number of ether oxygens (including phenoxy) is 1. The number of nitrogens with one attached hydrogen (secondary N) is 1. The van der Waals surface area contributed by atoms with E-state index in [0.29, 0.717) is 38.1 Å². The monoisotopic (exact) mass is 492 g/mol. The third-order valence-electron chi connectivity index (χ3n) is 5.01. The molecule has 0 atom stereocenters. The lowest BCUT2D eigenvalue weighted by molar-refractivity contribution is -0.113. The van der Waals surface area contributed by atoms with E-state index < -0.39 is 5.82 Å². The average Bonchev–Trinajstić information content (AvgIpc) is 3.26. The standard InChI is InChI=1S/C24H17FN4O3S2/c1-32-18-7-4-8-19-21(18)28-23(34-19)27-20(30)13-33-24-26-17-6-3-2-5-16(17)22(31)29(24)15-11-9-14(25)10-12-15/h2-12H,13H2,1H3,(H,27,28,30). The van der Waals surface area contributed by atoms with Crippen LogP contribution in [0.4, 0.5) is 9.52 Å². The third-order valence-corrected chi connectivity index (χ3v) is 6.88. The molecule has 10 heteroatoms. The largest absolute Gasteiger partial charge is 0.494 e. The van der Waals surface area contributed by atoms with Crippen LogP contribution in [-0.2, 0) is 4.79 Å². The Morgan fingerprint density at radius 2 is 1.88 bits per heavy atom. The Morgan fingerprint density at radius 1 is 1.09 bits per heavy atom. The summed E-state index contributed by atoms with van der Waals surface area (Å²) in [5.74, 6) is -0.0750. The number of hydrogen-bond donors (Lipinski definition) is 1. The number of hydrogen-bond acceptors (Lipinski definition) is 7. The number of halogens is 1. The predicted octanol–water partition coefficient (Wildman–Crippen LogP) is 4.87. The molecule has 0 fully saturated rings. The number of aromatic nitrogens is 3. The quantitative estimate of drug-likeness (QED) is 0.269. The lowest BCUT2D eigenvalue weighted by Gasteiger charge is -2.13. The summed E-state index contributed by atoms with van der Waals surface area (Å²) in [4.78, 5) is 35.0. The molecule has 0 aliphatic carbocycles. The number of methoxy groups -OCH3 is 1. The van der Waals surface area contributed by atoms with Crippen LogP contribution in [0.3, 0.4) is 0 Å². The highest BCUT2D eigenvalue weighted by atomic mass is 32.2. The number of carbonyl (C=O) groups is 1. The van der Waals surface area contributed by atoms with E-state index in [-0.39, 0.29) is 17.2 Å². The van der Waals surface area contributed by atoms with Gasteiger partial charge >= 0.3 is 0 Å². The molecule has 2 aromatic heterocycles. The van der Waals surface area contributed by atoms with Crippen molar-refractivity contribution in [1.29, 1.82) is 0 Å². The van der Waals surface area contributed by atoms with Crippen LogP contribution in [0.15, 0.2) is 76.7 Å². The fourth-order valence-corrected chi connectivity index (χ4v) is 5.17. The van der Waals surface area contributed by atoms with Crippen LogP contribution in [0.2, 0.25) is 0 Å². The number of amides is 1. The molecule has 0 aliphatic heterocycles. The topological polar surface area (TPSA) is 86.1 Å². The Bertz CT molecular complexity index is 1580. The molecule has 5 aromatic rings. The normalized spacial score (nSPS) is 11.1. The zero-order valence-corrected chi connectivity index (χ0v) is 19.5. The number of thioether (sulfide) groups is 1. The van der Waals surface area contributed by atoms with E-state index in [0.717, 1.165) is 16.5 Å². The van der Waals surface area contributed by atoms with E-state index in [1.54, 1.807) is 31.4 Å². The number of benzene rings is 3. The summed E-state index contributed by atoms with van der Waals surface area (Å²) in [6.07, 6.45) is 0. The van der Waals surface area contributed by atoms with Crippen LogP contribution in [-0.4, -0.2) is 33.3 Å². The maximum atomic E-state index is 13.5. The van der Waals surface area contributed by atoms with Gasteiger partial charge < -0.3 is 10.1 Å². The number of fused-ring (bicyclic) bond motifs is 2. The van der Waals surface area contributed by atoms with Gasteiger partial charge in [0.1, 0.15) is 17.1 Å². The molecule has 170 valence electrons. The Balaban J connectivity index is 1.43. The maximum Gasteiger partial charge on any atom is 0.266 e. The van der Waals surface area contributed by atoms with Crippen molar-refractivity contribution in [2.45, 2.75) is 5.16 Å². The Kier molecular flexibility index (Phi) is 5.99. The molecule has 0 bridgehead atoms. The van der Waals surface area contributed by atoms with Crippen LogP contribution >= 0.6 is 23.1 Å². The van der Waals surface area contributed by atoms with Gasteiger partial charge in [-0.15, -0.1) is 0 Å². The van der Waals surface area contributed by atoms with Crippen LogP contribution in [0.25, 0.3) is 26.8 Å². The van der Waals surface area contributed by atoms with E-state index in [9.17, 15) is 14.0 Å². The Morgan fingerprint density at radius 3 is 2.68 bits per heavy atom. The molecule has 5 rings (SSSR count). The van der Waals surface area contributed by atoms with E-state index >= 15 is 0 Å². The fourth-order valence-electron chi connectivity index (χ4n) is 3.45. The number of nitrogens with zero attached hydrogens (tertiary/aromatic N) is 3. The second-order valence-corrected chi connectivity index (χ2v) is 9.16. The molecule has 0 saturated heterocycles. The summed E-state index contributed by atoms with van der Waals surface area (Å²) in [5.41, 5.74) is 1.37. The highest BCUT2D eigenvalue weighted by molar-refractivity contribution is 7.99. The molecule has 0 aliphatic rings. The van der Waals surface area contributed by atoms with Crippen molar-refractivity contribution in [3.05, 3.63) is 82.9 Å². The minimum atomic E-state index is -0.411. The first-order valence-electron chi connectivity index (χ1n) is 10.2. The summed E-state index contributed by atoms with van der Waals surface area (Å²) in [5, 5.41) is 4.01. The average molecular weight is 493 g/mol. The van der Waals surface area contributed by atoms with Crippen LogP contribution in [0, 0.1) is 5.82 Å². The first kappa shape index (κ1) is 22.1. The van der Waals surface area contributed by atoms with E-state index in [2.05, 4.69) is 15.3 Å². The summed E-state index contributed by atoms with van der Waals surface area (Å²) in [6.45, 7) is 0. The van der Waals surface area contributed by atoms with Gasteiger partial charge in [-0.05, 0) is 48.5 Å². The number of carbonyl (C=O) groups excluding carboxylic acids is 1. The molecular weight excluding hydrogens is 475 g/mol. The predicted molar refractivity (Wildman–Crippen MR) is 133 cm³/mol. The smallest absolute Gasteiger partial charge is 0.266 e. The first-order chi connectivity index (χ1) is 16.5. The van der Waals surface area contributed by atoms with Gasteiger partial charge in [-0.2, -0.15) is 0 Å². The van der Waals surface area contributed by atoms with E-state index in [1.165, 1.54) is 40.2 Å². The molecule has 0 radical (unpaired) electrons. The third kappa shape index (κ3) is 4.25. The van der Waals surface area contributed by atoms with Crippen LogP contribution in [0.5, 0.6) is 5.75 Å². The van der Waals surface area contributed by atoms with Gasteiger partial charge in [-0.1, -0.05) is 41.3 Å². The van der Waals surface area contributed by atoms with Gasteiger partial charge in [0.25, 0.3) is 5.56 Å². The van der Waals surface area contributed by atoms with Crippen molar-refractivity contribution in [3.63, 3.8) is 0 Å². The minimum absolute atomic E-state index is 0.000957. The number of thiazole rings is 1. The molecular formula is C24H17FN4O3S2. The lowest BCUT2D eigenvalue weighted by atomic mass is 10.2. The van der Waals surface area contributed by atoms with E-state index in [4.69, 9.17) is 4.74 Å². The molecule has 1 N–H and O–H groups in total. The van der Waals surface area contributed by atoms with Crippen LogP contribution < -0.4 is 15.6 Å². The number of para-hydroxylation sites is 2. The molecule has 0 spiro atoms. The van der Waals surface area contributed by atoms with Crippen molar-refractivity contribution in [3.8, 4) is 11.4 Å². The Labute approximate surface area is 201 Å². The van der Waals surface area contributed by atoms with Gasteiger partial charge in [0.05, 0.1) is 34.2 Å². The molecule has 2 heterocycles. The highest BCUT2D eigenvalue weighted by Crippen LogP contribution is 2.32. The van der Waals surface area contributed by atoms with Crippen molar-refractivity contribution in [1.82, 2.24) is 14.5 Å².